The van der Waals surface area contributed by atoms with Crippen LogP contribution in [0.1, 0.15) is 12.0 Å². The lowest BCUT2D eigenvalue weighted by molar-refractivity contribution is -0.274. The van der Waals surface area contributed by atoms with E-state index >= 15 is 0 Å². The maximum atomic E-state index is 12.8. The molecule has 2 aromatic carbocycles. The van der Waals surface area contributed by atoms with Crippen LogP contribution < -0.4 is 4.74 Å². The number of hydrogen-bond acceptors (Lipinski definition) is 4. The Morgan fingerprint density at radius 2 is 1.67 bits per heavy atom. The van der Waals surface area contributed by atoms with Crippen molar-refractivity contribution in [2.24, 2.45) is 0 Å². The maximum absolute atomic E-state index is 12.8. The van der Waals surface area contributed by atoms with Gasteiger partial charge in [0.15, 0.2) is 0 Å². The fourth-order valence-corrected chi connectivity index (χ4v) is 5.30. The third-order valence-electron chi connectivity index (χ3n) is 5.57. The minimum atomic E-state index is -4.85. The highest BCUT2D eigenvalue weighted by Gasteiger charge is 2.32. The zero-order valence-electron chi connectivity index (χ0n) is 17.5. The zero-order chi connectivity index (χ0) is 23.6. The largest absolute Gasteiger partial charge is 0.573 e. The van der Waals surface area contributed by atoms with E-state index in [4.69, 9.17) is 0 Å². The summed E-state index contributed by atoms with van der Waals surface area (Å²) in [5.41, 5.74) is 2.06. The number of nitrogens with one attached hydrogen (secondary N) is 1. The summed E-state index contributed by atoms with van der Waals surface area (Å²) in [6, 6.07) is 11.9. The number of carbonyl (C=O) groups excluding carboxylic acids is 1. The number of sulfonamides is 1. The normalized spacial score (nSPS) is 15.7. The van der Waals surface area contributed by atoms with Gasteiger partial charge in [-0.3, -0.25) is 4.79 Å². The molecule has 1 N–H and O–H groups in total. The third-order valence-corrected chi connectivity index (χ3v) is 7.48. The second-order valence-corrected chi connectivity index (χ2v) is 9.60. The Morgan fingerprint density at radius 3 is 2.33 bits per heavy atom. The Balaban J connectivity index is 1.32. The predicted octanol–water partition coefficient (Wildman–Crippen LogP) is 3.53. The molecule has 4 rings (SSSR count). The third kappa shape index (κ3) is 5.31. The second-order valence-electron chi connectivity index (χ2n) is 7.66. The molecule has 0 atom stereocenters. The van der Waals surface area contributed by atoms with Crippen molar-refractivity contribution in [2.45, 2.75) is 24.1 Å². The number of alkyl halides is 3. The van der Waals surface area contributed by atoms with Gasteiger partial charge in [-0.25, -0.2) is 8.42 Å². The van der Waals surface area contributed by atoms with E-state index in [1.807, 2.05) is 30.5 Å². The summed E-state index contributed by atoms with van der Waals surface area (Å²) in [7, 11) is -3.89. The van der Waals surface area contributed by atoms with Crippen LogP contribution in [0.25, 0.3) is 10.9 Å². The van der Waals surface area contributed by atoms with Crippen LogP contribution in [0.4, 0.5) is 13.2 Å². The molecule has 2 heterocycles. The zero-order valence-corrected chi connectivity index (χ0v) is 18.3. The molecule has 0 bridgehead atoms. The predicted molar refractivity (Wildman–Crippen MR) is 115 cm³/mol. The van der Waals surface area contributed by atoms with Gasteiger partial charge in [0, 0.05) is 49.7 Å². The van der Waals surface area contributed by atoms with Gasteiger partial charge in [-0.15, -0.1) is 13.2 Å². The van der Waals surface area contributed by atoms with Crippen LogP contribution in [0.2, 0.25) is 0 Å². The molecule has 1 aliphatic heterocycles. The number of para-hydroxylation sites is 1. The first-order chi connectivity index (χ1) is 15.6. The molecule has 11 heteroatoms. The Hall–Kier alpha value is -3.05. The number of fused-ring (bicyclic) bond motifs is 1. The van der Waals surface area contributed by atoms with Gasteiger partial charge in [0.25, 0.3) is 0 Å². The molecule has 1 aliphatic rings. The van der Waals surface area contributed by atoms with Crippen molar-refractivity contribution in [1.82, 2.24) is 14.2 Å². The van der Waals surface area contributed by atoms with E-state index in [2.05, 4.69) is 9.72 Å². The molecule has 0 radical (unpaired) electrons. The number of amides is 1. The topological polar surface area (TPSA) is 82.7 Å². The van der Waals surface area contributed by atoms with Crippen LogP contribution in [-0.4, -0.2) is 61.1 Å². The number of H-pyrrole nitrogens is 1. The van der Waals surface area contributed by atoms with E-state index in [-0.39, 0.29) is 37.0 Å². The fourth-order valence-electron chi connectivity index (χ4n) is 3.88. The van der Waals surface area contributed by atoms with E-state index in [1.165, 1.54) is 4.31 Å². The molecule has 1 saturated heterocycles. The minimum absolute atomic E-state index is 0.0500. The SMILES string of the molecule is O=C(CCc1c[nH]c2ccccc12)N1CCN(S(=O)(=O)c2ccc(OC(F)(F)F)cc2)CC1. The number of carbonyl (C=O) groups is 1. The summed E-state index contributed by atoms with van der Waals surface area (Å²) in [5, 5.41) is 1.08. The molecule has 1 aromatic heterocycles. The molecule has 33 heavy (non-hydrogen) atoms. The van der Waals surface area contributed by atoms with Crippen LogP contribution in [0, 0.1) is 0 Å². The van der Waals surface area contributed by atoms with Crippen molar-refractivity contribution in [1.29, 1.82) is 0 Å². The molecular formula is C22H22F3N3O4S. The number of aryl methyl sites for hydroxylation is 1. The molecule has 0 aliphatic carbocycles. The lowest BCUT2D eigenvalue weighted by atomic mass is 10.1. The summed E-state index contributed by atoms with van der Waals surface area (Å²) in [5.74, 6) is -0.543. The van der Waals surface area contributed by atoms with Gasteiger partial charge in [-0.2, -0.15) is 4.31 Å². The molecule has 0 unspecified atom stereocenters. The number of benzene rings is 2. The second kappa shape index (κ2) is 9.06. The molecule has 1 fully saturated rings. The Morgan fingerprint density at radius 1 is 1.00 bits per heavy atom. The van der Waals surface area contributed by atoms with Crippen molar-refractivity contribution in [2.75, 3.05) is 26.2 Å². The molecule has 0 saturated carbocycles. The van der Waals surface area contributed by atoms with Crippen molar-refractivity contribution in [3.8, 4) is 5.75 Å². The number of aromatic amines is 1. The van der Waals surface area contributed by atoms with Crippen molar-refractivity contribution < 1.29 is 31.1 Å². The van der Waals surface area contributed by atoms with Crippen LogP contribution in [0.5, 0.6) is 5.75 Å². The van der Waals surface area contributed by atoms with Gasteiger partial charge < -0.3 is 14.6 Å². The van der Waals surface area contributed by atoms with Crippen molar-refractivity contribution in [3.05, 3.63) is 60.3 Å². The maximum Gasteiger partial charge on any atom is 0.573 e. The van der Waals surface area contributed by atoms with E-state index in [1.54, 1.807) is 4.90 Å². The van der Waals surface area contributed by atoms with E-state index in [0.29, 0.717) is 12.8 Å². The molecule has 1 amide bonds. The van der Waals surface area contributed by atoms with Crippen molar-refractivity contribution >= 4 is 26.8 Å². The quantitative estimate of drug-likeness (QED) is 0.584. The van der Waals surface area contributed by atoms with Crippen molar-refractivity contribution in [3.63, 3.8) is 0 Å². The smallest absolute Gasteiger partial charge is 0.406 e. The van der Waals surface area contributed by atoms with Gasteiger partial charge >= 0.3 is 6.36 Å². The Labute approximate surface area is 188 Å². The molecule has 176 valence electrons. The first-order valence-electron chi connectivity index (χ1n) is 10.3. The first kappa shape index (κ1) is 23.1. The van der Waals surface area contributed by atoms with Gasteiger partial charge in [-0.1, -0.05) is 18.2 Å². The summed E-state index contributed by atoms with van der Waals surface area (Å²) < 4.78 is 67.5. The van der Waals surface area contributed by atoms with Gasteiger partial charge in [0.2, 0.25) is 15.9 Å². The van der Waals surface area contributed by atoms with Crippen LogP contribution in [-0.2, 0) is 21.2 Å². The summed E-state index contributed by atoms with van der Waals surface area (Å²) in [6.45, 7) is 0.729. The number of aromatic nitrogens is 1. The lowest BCUT2D eigenvalue weighted by Gasteiger charge is -2.34. The van der Waals surface area contributed by atoms with Crippen LogP contribution in [0.3, 0.4) is 0 Å². The van der Waals surface area contributed by atoms with Crippen LogP contribution in [0.15, 0.2) is 59.6 Å². The first-order valence-corrected chi connectivity index (χ1v) is 11.8. The number of ether oxygens (including phenoxy) is 1. The fraction of sp³-hybridized carbons (Fsp3) is 0.318. The van der Waals surface area contributed by atoms with Gasteiger partial charge in [0.1, 0.15) is 5.75 Å². The van der Waals surface area contributed by atoms with Gasteiger partial charge in [-0.05, 0) is 42.3 Å². The van der Waals surface area contributed by atoms with E-state index in [0.717, 1.165) is 40.7 Å². The standard InChI is InChI=1S/C22H22F3N3O4S/c23-22(24,25)32-17-6-8-18(9-7-17)33(30,31)28-13-11-27(12-14-28)21(29)10-5-16-15-26-20-4-2-1-3-19(16)20/h1-4,6-9,15,26H,5,10-14H2. The van der Waals surface area contributed by atoms with E-state index < -0.39 is 22.1 Å². The Bertz CT molecular complexity index is 1230. The summed E-state index contributed by atoms with van der Waals surface area (Å²) in [4.78, 5) is 17.3. The average Bonchev–Trinajstić information content (AvgIpc) is 3.20. The molecular weight excluding hydrogens is 459 g/mol. The molecule has 0 spiro atoms. The lowest BCUT2D eigenvalue weighted by Crippen LogP contribution is -2.50. The summed E-state index contributed by atoms with van der Waals surface area (Å²) in [6.07, 6.45) is -2.06. The number of hydrogen-bond donors (Lipinski definition) is 1. The number of halogens is 3. The number of nitrogens with zero attached hydrogens (tertiary/aromatic N) is 2. The highest BCUT2D eigenvalue weighted by atomic mass is 32.2. The number of rotatable bonds is 6. The average molecular weight is 481 g/mol. The summed E-state index contributed by atoms with van der Waals surface area (Å²) >= 11 is 0. The molecule has 7 nitrogen and oxygen atoms in total. The molecule has 3 aromatic rings. The highest BCUT2D eigenvalue weighted by Crippen LogP contribution is 2.26. The number of piperazine rings is 1. The highest BCUT2D eigenvalue weighted by molar-refractivity contribution is 7.89. The van der Waals surface area contributed by atoms with E-state index in [9.17, 15) is 26.4 Å². The van der Waals surface area contributed by atoms with Crippen LogP contribution >= 0.6 is 0 Å². The Kier molecular flexibility index (Phi) is 6.35. The monoisotopic (exact) mass is 481 g/mol. The van der Waals surface area contributed by atoms with Gasteiger partial charge in [0.05, 0.1) is 4.90 Å². The minimum Gasteiger partial charge on any atom is -0.406 e.